The van der Waals surface area contributed by atoms with Crippen molar-refractivity contribution in [2.75, 3.05) is 13.2 Å². The van der Waals surface area contributed by atoms with Crippen molar-refractivity contribution in [2.45, 2.75) is 32.4 Å². The van der Waals surface area contributed by atoms with E-state index in [2.05, 4.69) is 14.5 Å². The van der Waals surface area contributed by atoms with E-state index in [9.17, 15) is 14.4 Å². The minimum absolute atomic E-state index is 0.222. The van der Waals surface area contributed by atoms with E-state index in [0.717, 1.165) is 46.1 Å². The van der Waals surface area contributed by atoms with Crippen LogP contribution >= 0.6 is 0 Å². The minimum Gasteiger partial charge on any atom is -0.377 e. The van der Waals surface area contributed by atoms with E-state index < -0.39 is 5.91 Å². The van der Waals surface area contributed by atoms with Crippen molar-refractivity contribution in [1.29, 1.82) is 0 Å². The molecule has 8 heteroatoms. The summed E-state index contributed by atoms with van der Waals surface area (Å²) in [6.07, 6.45) is 7.67. The van der Waals surface area contributed by atoms with Crippen molar-refractivity contribution in [1.82, 2.24) is 19.6 Å². The van der Waals surface area contributed by atoms with Crippen LogP contribution in [0.5, 0.6) is 0 Å². The first kappa shape index (κ1) is 22.2. The molecule has 0 saturated carbocycles. The lowest BCUT2D eigenvalue weighted by Gasteiger charge is -2.23. The number of aromatic nitrogens is 3. The van der Waals surface area contributed by atoms with Crippen molar-refractivity contribution in [3.05, 3.63) is 95.0 Å². The highest BCUT2D eigenvalue weighted by atomic mass is 19.1. The van der Waals surface area contributed by atoms with Gasteiger partial charge >= 0.3 is 0 Å². The van der Waals surface area contributed by atoms with Crippen LogP contribution in [0.3, 0.4) is 0 Å². The van der Waals surface area contributed by atoms with Gasteiger partial charge in [-0.15, -0.1) is 0 Å². The fraction of sp³-hybridized carbons (Fsp3) is 0.269. The molecule has 0 bridgehead atoms. The van der Waals surface area contributed by atoms with Crippen LogP contribution in [0.15, 0.2) is 61.1 Å². The van der Waals surface area contributed by atoms with E-state index in [-0.39, 0.29) is 18.1 Å². The predicted molar refractivity (Wildman–Crippen MR) is 124 cm³/mol. The SMILES string of the molecule is O=C1c2ncc3c(c(COCCCc4ccccn4)cn3Cc3ccc(F)cc3)c2CCN1O. The average Bonchev–Trinajstić information content (AvgIpc) is 3.21. The number of fused-ring (bicyclic) bond motifs is 3. The maximum absolute atomic E-state index is 13.4. The summed E-state index contributed by atoms with van der Waals surface area (Å²) in [7, 11) is 0. The Labute approximate surface area is 196 Å². The highest BCUT2D eigenvalue weighted by Gasteiger charge is 2.28. The van der Waals surface area contributed by atoms with Gasteiger partial charge in [-0.1, -0.05) is 18.2 Å². The Morgan fingerprint density at radius 1 is 1.12 bits per heavy atom. The second kappa shape index (κ2) is 9.70. The molecule has 4 aromatic rings. The minimum atomic E-state index is -0.489. The first-order chi connectivity index (χ1) is 16.6. The van der Waals surface area contributed by atoms with Crippen LogP contribution in [0.1, 0.15) is 39.3 Å². The molecule has 0 unspecified atom stereocenters. The molecule has 0 spiro atoms. The fourth-order valence-corrected chi connectivity index (χ4v) is 4.42. The van der Waals surface area contributed by atoms with E-state index in [1.165, 1.54) is 12.1 Å². The number of ether oxygens (including phenoxy) is 1. The number of rotatable bonds is 8. The molecule has 0 aliphatic carbocycles. The molecule has 0 fully saturated rings. The zero-order chi connectivity index (χ0) is 23.5. The molecule has 1 aliphatic rings. The zero-order valence-corrected chi connectivity index (χ0v) is 18.7. The Kier molecular flexibility index (Phi) is 6.33. The number of amides is 1. The van der Waals surface area contributed by atoms with E-state index in [1.54, 1.807) is 24.5 Å². The van der Waals surface area contributed by atoms with Gasteiger partial charge in [0.25, 0.3) is 5.91 Å². The number of hydrogen-bond acceptors (Lipinski definition) is 5. The monoisotopic (exact) mass is 460 g/mol. The van der Waals surface area contributed by atoms with E-state index in [1.807, 2.05) is 24.4 Å². The molecule has 1 N–H and O–H groups in total. The number of benzene rings is 1. The van der Waals surface area contributed by atoms with Crippen molar-refractivity contribution in [2.24, 2.45) is 0 Å². The van der Waals surface area contributed by atoms with Crippen molar-refractivity contribution in [3.63, 3.8) is 0 Å². The molecular weight excluding hydrogens is 435 g/mol. The molecule has 7 nitrogen and oxygen atoms in total. The Morgan fingerprint density at radius 3 is 2.76 bits per heavy atom. The second-order valence-corrected chi connectivity index (χ2v) is 8.41. The molecule has 3 aromatic heterocycles. The van der Waals surface area contributed by atoms with E-state index in [0.29, 0.717) is 31.2 Å². The van der Waals surface area contributed by atoms with E-state index >= 15 is 0 Å². The lowest BCUT2D eigenvalue weighted by atomic mass is 9.99. The second-order valence-electron chi connectivity index (χ2n) is 8.41. The molecule has 1 aliphatic heterocycles. The number of halogens is 1. The fourth-order valence-electron chi connectivity index (χ4n) is 4.42. The quantitative estimate of drug-likeness (QED) is 0.316. The summed E-state index contributed by atoms with van der Waals surface area (Å²) in [4.78, 5) is 21.2. The Morgan fingerprint density at radius 2 is 1.97 bits per heavy atom. The summed E-state index contributed by atoms with van der Waals surface area (Å²) in [5.74, 6) is -0.764. The molecule has 1 amide bonds. The number of nitrogens with zero attached hydrogens (tertiary/aromatic N) is 4. The predicted octanol–water partition coefficient (Wildman–Crippen LogP) is 4.16. The maximum Gasteiger partial charge on any atom is 0.296 e. The van der Waals surface area contributed by atoms with Crippen LogP contribution in [0.25, 0.3) is 10.9 Å². The van der Waals surface area contributed by atoms with Gasteiger partial charge in [-0.25, -0.2) is 14.4 Å². The third-order valence-corrected chi connectivity index (χ3v) is 6.08. The molecule has 4 heterocycles. The molecule has 5 rings (SSSR count). The van der Waals surface area contributed by atoms with Gasteiger partial charge in [-0.2, -0.15) is 0 Å². The van der Waals surface area contributed by atoms with Crippen LogP contribution in [-0.4, -0.2) is 43.9 Å². The van der Waals surface area contributed by atoms with Gasteiger partial charge in [-0.05, 0) is 54.7 Å². The van der Waals surface area contributed by atoms with Crippen molar-refractivity contribution in [3.8, 4) is 0 Å². The molecule has 174 valence electrons. The molecular formula is C26H25FN4O3. The summed E-state index contributed by atoms with van der Waals surface area (Å²) < 4.78 is 21.4. The van der Waals surface area contributed by atoms with Crippen molar-refractivity contribution < 1.29 is 19.1 Å². The zero-order valence-electron chi connectivity index (χ0n) is 18.7. The summed E-state index contributed by atoms with van der Waals surface area (Å²) in [6.45, 7) is 1.73. The first-order valence-electron chi connectivity index (χ1n) is 11.3. The number of pyridine rings is 2. The summed E-state index contributed by atoms with van der Waals surface area (Å²) in [5, 5.41) is 11.5. The number of carbonyl (C=O) groups is 1. The summed E-state index contributed by atoms with van der Waals surface area (Å²) in [5.41, 5.74) is 4.95. The Hall–Kier alpha value is -3.62. The lowest BCUT2D eigenvalue weighted by molar-refractivity contribution is -0.0606. The number of hydrogen-bond donors (Lipinski definition) is 1. The highest BCUT2D eigenvalue weighted by molar-refractivity contribution is 6.00. The molecule has 0 atom stereocenters. The van der Waals surface area contributed by atoms with E-state index in [4.69, 9.17) is 4.74 Å². The third-order valence-electron chi connectivity index (χ3n) is 6.08. The Bertz CT molecular complexity index is 1310. The topological polar surface area (TPSA) is 80.5 Å². The molecule has 0 saturated heterocycles. The van der Waals surface area contributed by atoms with Gasteiger partial charge in [0.05, 0.1) is 24.9 Å². The lowest BCUT2D eigenvalue weighted by Crippen LogP contribution is -2.35. The summed E-state index contributed by atoms with van der Waals surface area (Å²) >= 11 is 0. The molecule has 34 heavy (non-hydrogen) atoms. The summed E-state index contributed by atoms with van der Waals surface area (Å²) in [6, 6.07) is 12.3. The number of carbonyl (C=O) groups excluding carboxylic acids is 1. The highest BCUT2D eigenvalue weighted by Crippen LogP contribution is 2.31. The van der Waals surface area contributed by atoms with Crippen LogP contribution in [-0.2, 0) is 30.7 Å². The number of aryl methyl sites for hydroxylation is 1. The van der Waals surface area contributed by atoms with Gasteiger partial charge in [0, 0.05) is 42.2 Å². The van der Waals surface area contributed by atoms with Crippen LogP contribution in [0.4, 0.5) is 4.39 Å². The van der Waals surface area contributed by atoms with Gasteiger partial charge in [0.1, 0.15) is 11.5 Å². The third kappa shape index (κ3) is 4.55. The molecule has 0 radical (unpaired) electrons. The van der Waals surface area contributed by atoms with Crippen LogP contribution < -0.4 is 0 Å². The normalized spacial score (nSPS) is 13.5. The smallest absolute Gasteiger partial charge is 0.296 e. The van der Waals surface area contributed by atoms with Gasteiger partial charge in [0.2, 0.25) is 0 Å². The molecule has 1 aromatic carbocycles. The van der Waals surface area contributed by atoms with Crippen LogP contribution in [0.2, 0.25) is 0 Å². The first-order valence-corrected chi connectivity index (χ1v) is 11.3. The largest absolute Gasteiger partial charge is 0.377 e. The van der Waals surface area contributed by atoms with Gasteiger partial charge in [0.15, 0.2) is 0 Å². The van der Waals surface area contributed by atoms with Gasteiger partial charge in [-0.3, -0.25) is 15.0 Å². The van der Waals surface area contributed by atoms with Gasteiger partial charge < -0.3 is 9.30 Å². The number of hydroxylamine groups is 2. The van der Waals surface area contributed by atoms with Crippen molar-refractivity contribution >= 4 is 16.8 Å². The van der Waals surface area contributed by atoms with Crippen LogP contribution in [0, 0.1) is 5.82 Å². The Balaban J connectivity index is 1.40. The average molecular weight is 461 g/mol. The standard InChI is InChI=1S/C26H25FN4O3/c27-20-8-6-18(7-9-20)15-30-16-19(17-34-13-3-5-21-4-1-2-11-28-21)24-22-10-12-31(33)26(32)25(22)29-14-23(24)30/h1-2,4,6-9,11,14,16,33H,3,5,10,12-13,15,17H2. The maximum atomic E-state index is 13.4.